The number of aromatic amines is 1. The van der Waals surface area contributed by atoms with E-state index in [0.29, 0.717) is 27.3 Å². The van der Waals surface area contributed by atoms with Crippen molar-refractivity contribution < 1.29 is 4.79 Å². The smallest absolute Gasteiger partial charge is 0.248 e. The second-order valence-electron chi connectivity index (χ2n) is 4.82. The maximum atomic E-state index is 11.0. The van der Waals surface area contributed by atoms with Gasteiger partial charge < -0.3 is 5.73 Å². The summed E-state index contributed by atoms with van der Waals surface area (Å²) in [6.07, 6.45) is 0. The molecule has 0 unspecified atom stereocenters. The fraction of sp³-hybridized carbons (Fsp3) is 0.0625. The minimum atomic E-state index is -0.425. The topological polar surface area (TPSA) is 84.7 Å². The highest BCUT2D eigenvalue weighted by Crippen LogP contribution is 2.23. The zero-order chi connectivity index (χ0) is 16.2. The molecule has 116 valence electrons. The number of amides is 1. The van der Waals surface area contributed by atoms with Crippen LogP contribution in [-0.4, -0.2) is 21.1 Å². The van der Waals surface area contributed by atoms with Gasteiger partial charge in [0.15, 0.2) is 5.82 Å². The number of H-pyrrole nitrogens is 1. The number of hydrogen-bond acceptors (Lipinski definition) is 4. The van der Waals surface area contributed by atoms with Crippen LogP contribution in [0, 0.1) is 0 Å². The van der Waals surface area contributed by atoms with Gasteiger partial charge >= 0.3 is 0 Å². The SMILES string of the molecule is NC(=O)c1ccc(CSc2n[nH]c(-c3ccc(Cl)cc3)n2)cc1. The van der Waals surface area contributed by atoms with E-state index in [2.05, 4.69) is 15.2 Å². The van der Waals surface area contributed by atoms with Crippen molar-refractivity contribution in [3.05, 3.63) is 64.7 Å². The molecule has 0 aliphatic carbocycles. The summed E-state index contributed by atoms with van der Waals surface area (Å²) >= 11 is 7.38. The Morgan fingerprint density at radius 2 is 1.83 bits per heavy atom. The van der Waals surface area contributed by atoms with Crippen molar-refractivity contribution in [1.29, 1.82) is 0 Å². The zero-order valence-electron chi connectivity index (χ0n) is 12.0. The third kappa shape index (κ3) is 3.91. The van der Waals surface area contributed by atoms with E-state index in [1.807, 2.05) is 36.4 Å². The highest BCUT2D eigenvalue weighted by Gasteiger charge is 2.07. The number of hydrogen-bond donors (Lipinski definition) is 2. The number of rotatable bonds is 5. The lowest BCUT2D eigenvalue weighted by Crippen LogP contribution is -2.10. The van der Waals surface area contributed by atoms with Crippen molar-refractivity contribution in [2.75, 3.05) is 0 Å². The van der Waals surface area contributed by atoms with Gasteiger partial charge in [-0.2, -0.15) is 0 Å². The molecule has 0 saturated carbocycles. The quantitative estimate of drug-likeness (QED) is 0.693. The van der Waals surface area contributed by atoms with Crippen LogP contribution in [0.5, 0.6) is 0 Å². The number of primary amides is 1. The van der Waals surface area contributed by atoms with Gasteiger partial charge in [-0.3, -0.25) is 9.89 Å². The van der Waals surface area contributed by atoms with Gasteiger partial charge in [-0.1, -0.05) is 35.5 Å². The molecule has 0 spiro atoms. The van der Waals surface area contributed by atoms with Crippen molar-refractivity contribution in [3.63, 3.8) is 0 Å². The van der Waals surface area contributed by atoms with E-state index >= 15 is 0 Å². The Kier molecular flexibility index (Phi) is 4.64. The third-order valence-electron chi connectivity index (χ3n) is 3.19. The third-order valence-corrected chi connectivity index (χ3v) is 4.36. The van der Waals surface area contributed by atoms with Crippen molar-refractivity contribution in [3.8, 4) is 11.4 Å². The summed E-state index contributed by atoms with van der Waals surface area (Å²) in [5, 5.41) is 8.45. The van der Waals surface area contributed by atoms with Crippen molar-refractivity contribution in [1.82, 2.24) is 15.2 Å². The van der Waals surface area contributed by atoms with Gasteiger partial charge in [0, 0.05) is 21.9 Å². The summed E-state index contributed by atoms with van der Waals surface area (Å²) in [6.45, 7) is 0. The van der Waals surface area contributed by atoms with E-state index < -0.39 is 5.91 Å². The van der Waals surface area contributed by atoms with Gasteiger partial charge in [-0.05, 0) is 42.0 Å². The standard InChI is InChI=1S/C16H13ClN4OS/c17-13-7-5-12(6-8-13)15-19-16(21-20-15)23-9-10-1-3-11(4-2-10)14(18)22/h1-8H,9H2,(H2,18,22)(H,19,20,21). The lowest BCUT2D eigenvalue weighted by Gasteiger charge is -2.00. The van der Waals surface area contributed by atoms with Crippen LogP contribution in [0.15, 0.2) is 53.7 Å². The Hall–Kier alpha value is -2.31. The molecular formula is C16H13ClN4OS. The van der Waals surface area contributed by atoms with Crippen LogP contribution in [0.25, 0.3) is 11.4 Å². The van der Waals surface area contributed by atoms with Gasteiger partial charge in [0.1, 0.15) is 0 Å². The molecule has 2 aromatic carbocycles. The largest absolute Gasteiger partial charge is 0.366 e. The van der Waals surface area contributed by atoms with Gasteiger partial charge in [0.05, 0.1) is 0 Å². The minimum absolute atomic E-state index is 0.425. The Morgan fingerprint density at radius 3 is 2.48 bits per heavy atom. The number of nitrogens with zero attached hydrogens (tertiary/aromatic N) is 2. The van der Waals surface area contributed by atoms with E-state index in [-0.39, 0.29) is 0 Å². The molecule has 23 heavy (non-hydrogen) atoms. The lowest BCUT2D eigenvalue weighted by atomic mass is 10.1. The molecule has 7 heteroatoms. The zero-order valence-corrected chi connectivity index (χ0v) is 13.6. The highest BCUT2D eigenvalue weighted by atomic mass is 35.5. The Bertz CT molecular complexity index is 815. The Morgan fingerprint density at radius 1 is 1.13 bits per heavy atom. The van der Waals surface area contributed by atoms with Crippen molar-refractivity contribution in [2.45, 2.75) is 10.9 Å². The molecule has 1 heterocycles. The Balaban J connectivity index is 1.65. The normalized spacial score (nSPS) is 10.7. The first-order valence-corrected chi connectivity index (χ1v) is 8.18. The van der Waals surface area contributed by atoms with Gasteiger partial charge in [-0.15, -0.1) is 5.10 Å². The molecule has 3 rings (SSSR count). The number of carbonyl (C=O) groups is 1. The second-order valence-corrected chi connectivity index (χ2v) is 6.20. The average molecular weight is 345 g/mol. The molecule has 0 saturated heterocycles. The number of benzene rings is 2. The number of nitrogens with two attached hydrogens (primary N) is 1. The molecule has 0 aliphatic heterocycles. The van der Waals surface area contributed by atoms with Crippen LogP contribution in [0.3, 0.4) is 0 Å². The lowest BCUT2D eigenvalue weighted by molar-refractivity contribution is 0.100. The van der Waals surface area contributed by atoms with E-state index in [4.69, 9.17) is 17.3 Å². The number of aromatic nitrogens is 3. The fourth-order valence-corrected chi connectivity index (χ4v) is 2.84. The van der Waals surface area contributed by atoms with E-state index in [1.54, 1.807) is 12.1 Å². The maximum Gasteiger partial charge on any atom is 0.248 e. The van der Waals surface area contributed by atoms with Crippen LogP contribution < -0.4 is 5.73 Å². The molecule has 0 atom stereocenters. The molecule has 1 amide bonds. The highest BCUT2D eigenvalue weighted by molar-refractivity contribution is 7.98. The van der Waals surface area contributed by atoms with Crippen LogP contribution in [0.4, 0.5) is 0 Å². The number of nitrogens with one attached hydrogen (secondary N) is 1. The molecule has 3 aromatic rings. The monoisotopic (exact) mass is 344 g/mol. The molecule has 5 nitrogen and oxygen atoms in total. The molecule has 0 radical (unpaired) electrons. The minimum Gasteiger partial charge on any atom is -0.366 e. The van der Waals surface area contributed by atoms with E-state index in [0.717, 1.165) is 11.1 Å². The summed E-state index contributed by atoms with van der Waals surface area (Å²) in [7, 11) is 0. The van der Waals surface area contributed by atoms with Gasteiger partial charge in [0.25, 0.3) is 0 Å². The van der Waals surface area contributed by atoms with Crippen LogP contribution in [0.2, 0.25) is 5.02 Å². The van der Waals surface area contributed by atoms with E-state index in [1.165, 1.54) is 11.8 Å². The van der Waals surface area contributed by atoms with Crippen molar-refractivity contribution >= 4 is 29.3 Å². The van der Waals surface area contributed by atoms with Gasteiger partial charge in [0.2, 0.25) is 11.1 Å². The molecule has 0 aliphatic rings. The second kappa shape index (κ2) is 6.85. The predicted octanol–water partition coefficient (Wildman–Crippen LogP) is 3.52. The summed E-state index contributed by atoms with van der Waals surface area (Å²) in [6, 6.07) is 14.6. The van der Waals surface area contributed by atoms with E-state index in [9.17, 15) is 4.79 Å². The first kappa shape index (κ1) is 15.6. The number of carbonyl (C=O) groups excluding carboxylic acids is 1. The first-order valence-electron chi connectivity index (χ1n) is 6.82. The summed E-state index contributed by atoms with van der Waals surface area (Å²) in [4.78, 5) is 15.5. The van der Waals surface area contributed by atoms with Gasteiger partial charge in [-0.25, -0.2) is 4.98 Å². The summed E-state index contributed by atoms with van der Waals surface area (Å²) < 4.78 is 0. The molecular weight excluding hydrogens is 332 g/mol. The van der Waals surface area contributed by atoms with Crippen LogP contribution in [0.1, 0.15) is 15.9 Å². The van der Waals surface area contributed by atoms with Crippen LogP contribution in [-0.2, 0) is 5.75 Å². The Labute approximate surface area is 142 Å². The molecule has 0 fully saturated rings. The molecule has 3 N–H and O–H groups in total. The number of thioether (sulfide) groups is 1. The summed E-state index contributed by atoms with van der Waals surface area (Å²) in [5.41, 5.74) is 7.72. The van der Waals surface area contributed by atoms with Crippen LogP contribution >= 0.6 is 23.4 Å². The molecule has 1 aromatic heterocycles. The first-order chi connectivity index (χ1) is 11.1. The summed E-state index contributed by atoms with van der Waals surface area (Å²) in [5.74, 6) is 0.982. The maximum absolute atomic E-state index is 11.0. The average Bonchev–Trinajstić information content (AvgIpc) is 3.03. The number of halogens is 1. The van der Waals surface area contributed by atoms with Crippen molar-refractivity contribution in [2.24, 2.45) is 5.73 Å². The molecule has 0 bridgehead atoms. The fourth-order valence-electron chi connectivity index (χ4n) is 1.96. The predicted molar refractivity (Wildman–Crippen MR) is 91.3 cm³/mol.